The molecule has 4 rings (SSSR count). The first kappa shape index (κ1) is 17.3. The predicted octanol–water partition coefficient (Wildman–Crippen LogP) is 4.03. The number of rotatable bonds is 5. The van der Waals surface area contributed by atoms with Gasteiger partial charge in [0.25, 0.3) is 0 Å². The highest BCUT2D eigenvalue weighted by atomic mass is 15.2. The lowest BCUT2D eigenvalue weighted by Gasteiger charge is -2.32. The molecule has 3 heteroatoms. The van der Waals surface area contributed by atoms with Gasteiger partial charge in [0.1, 0.15) is 0 Å². The summed E-state index contributed by atoms with van der Waals surface area (Å²) in [6, 6.07) is 19.7. The zero-order chi connectivity index (χ0) is 17.9. The van der Waals surface area contributed by atoms with E-state index in [1.165, 1.54) is 66.9 Å². The van der Waals surface area contributed by atoms with Crippen LogP contribution in [-0.2, 0) is 13.5 Å². The van der Waals surface area contributed by atoms with Gasteiger partial charge in [-0.25, -0.2) is 0 Å². The van der Waals surface area contributed by atoms with E-state index in [1.54, 1.807) is 0 Å². The van der Waals surface area contributed by atoms with Crippen molar-refractivity contribution in [2.24, 2.45) is 7.05 Å². The molecule has 136 valence electrons. The molecule has 0 N–H and O–H groups in total. The fourth-order valence-electron chi connectivity index (χ4n) is 4.24. The Balaban J connectivity index is 1.59. The zero-order valence-corrected chi connectivity index (χ0v) is 16.0. The number of aryl methyl sites for hydroxylation is 2. The zero-order valence-electron chi connectivity index (χ0n) is 16.0. The Morgan fingerprint density at radius 2 is 1.50 bits per heavy atom. The van der Waals surface area contributed by atoms with Gasteiger partial charge in [-0.3, -0.25) is 0 Å². The third kappa shape index (κ3) is 3.42. The van der Waals surface area contributed by atoms with Crippen LogP contribution in [0.15, 0.2) is 54.6 Å². The maximum atomic E-state index is 2.62. The van der Waals surface area contributed by atoms with Crippen molar-refractivity contribution in [3.63, 3.8) is 0 Å². The molecular weight excluding hydrogens is 318 g/mol. The van der Waals surface area contributed by atoms with Crippen molar-refractivity contribution in [2.45, 2.75) is 12.8 Å². The first-order valence-corrected chi connectivity index (χ1v) is 9.76. The number of hydrogen-bond acceptors (Lipinski definition) is 2. The van der Waals surface area contributed by atoms with Crippen LogP contribution in [0.1, 0.15) is 12.0 Å². The topological polar surface area (TPSA) is 11.4 Å². The van der Waals surface area contributed by atoms with E-state index in [0.29, 0.717) is 0 Å². The molecule has 0 atom stereocenters. The molecule has 2 heterocycles. The quantitative estimate of drug-likeness (QED) is 0.690. The van der Waals surface area contributed by atoms with Crippen LogP contribution in [0.4, 0.5) is 0 Å². The Kier molecular flexibility index (Phi) is 5.09. The molecule has 1 fully saturated rings. The predicted molar refractivity (Wildman–Crippen MR) is 111 cm³/mol. The van der Waals surface area contributed by atoms with E-state index < -0.39 is 0 Å². The van der Waals surface area contributed by atoms with Crippen LogP contribution in [0.25, 0.3) is 22.2 Å². The molecule has 0 saturated carbocycles. The van der Waals surface area contributed by atoms with Crippen molar-refractivity contribution in [1.29, 1.82) is 0 Å². The lowest BCUT2D eigenvalue weighted by atomic mass is 10.0. The molecule has 0 spiro atoms. The van der Waals surface area contributed by atoms with Gasteiger partial charge >= 0.3 is 0 Å². The van der Waals surface area contributed by atoms with Gasteiger partial charge in [-0.2, -0.15) is 0 Å². The normalized spacial score (nSPS) is 16.4. The summed E-state index contributed by atoms with van der Waals surface area (Å²) in [7, 11) is 4.42. The molecule has 0 unspecified atom stereocenters. The van der Waals surface area contributed by atoms with Gasteiger partial charge in [0.05, 0.1) is 5.69 Å². The Morgan fingerprint density at radius 1 is 0.808 bits per heavy atom. The summed E-state index contributed by atoms with van der Waals surface area (Å²) < 4.78 is 2.37. The van der Waals surface area contributed by atoms with Crippen LogP contribution < -0.4 is 0 Å². The highest BCUT2D eigenvalue weighted by Gasteiger charge is 2.17. The maximum absolute atomic E-state index is 2.62. The van der Waals surface area contributed by atoms with E-state index in [4.69, 9.17) is 0 Å². The van der Waals surface area contributed by atoms with Crippen LogP contribution in [0.5, 0.6) is 0 Å². The molecule has 0 radical (unpaired) electrons. The van der Waals surface area contributed by atoms with Gasteiger partial charge in [0.2, 0.25) is 0 Å². The number of nitrogens with zero attached hydrogens (tertiary/aromatic N) is 3. The molecule has 3 aromatic rings. The van der Waals surface area contributed by atoms with Gasteiger partial charge in [-0.15, -0.1) is 0 Å². The van der Waals surface area contributed by atoms with E-state index in [1.807, 2.05) is 0 Å². The highest BCUT2D eigenvalue weighted by Crippen LogP contribution is 2.33. The lowest BCUT2D eigenvalue weighted by Crippen LogP contribution is -2.44. The minimum Gasteiger partial charge on any atom is -0.343 e. The summed E-state index contributed by atoms with van der Waals surface area (Å²) >= 11 is 0. The van der Waals surface area contributed by atoms with Crippen molar-refractivity contribution in [1.82, 2.24) is 14.4 Å². The van der Waals surface area contributed by atoms with E-state index in [-0.39, 0.29) is 0 Å². The molecule has 3 nitrogen and oxygen atoms in total. The summed E-state index contributed by atoms with van der Waals surface area (Å²) in [5, 5.41) is 1.41. The Morgan fingerprint density at radius 3 is 2.27 bits per heavy atom. The smallest absolute Gasteiger partial charge is 0.0521 e. The van der Waals surface area contributed by atoms with Crippen molar-refractivity contribution >= 4 is 10.9 Å². The summed E-state index contributed by atoms with van der Waals surface area (Å²) in [5.41, 5.74) is 5.54. The number of benzene rings is 2. The van der Waals surface area contributed by atoms with Gasteiger partial charge in [0.15, 0.2) is 0 Å². The van der Waals surface area contributed by atoms with E-state index >= 15 is 0 Å². The average molecular weight is 348 g/mol. The maximum Gasteiger partial charge on any atom is 0.0521 e. The number of hydrogen-bond donors (Lipinski definition) is 0. The number of likely N-dealkylation sites (N-methyl/N-ethyl adjacent to an activating group) is 1. The summed E-state index contributed by atoms with van der Waals surface area (Å²) in [5.74, 6) is 0. The fourth-order valence-corrected chi connectivity index (χ4v) is 4.24. The number of aromatic nitrogens is 1. The SMILES string of the molecule is CN1CCN(CCCc2c(-c3ccccc3)n(C)c3ccccc23)CC1. The molecule has 1 aliphatic rings. The molecule has 0 aliphatic carbocycles. The molecule has 1 aliphatic heterocycles. The lowest BCUT2D eigenvalue weighted by molar-refractivity contribution is 0.153. The third-order valence-corrected chi connectivity index (χ3v) is 5.76. The second-order valence-corrected chi connectivity index (χ2v) is 7.52. The number of piperazine rings is 1. The van der Waals surface area contributed by atoms with E-state index in [0.717, 1.165) is 6.42 Å². The Bertz CT molecular complexity index is 858. The first-order valence-electron chi connectivity index (χ1n) is 9.76. The summed E-state index contributed by atoms with van der Waals surface area (Å²) in [6.45, 7) is 6.01. The Hall–Kier alpha value is -2.10. The van der Waals surface area contributed by atoms with Crippen molar-refractivity contribution in [2.75, 3.05) is 39.8 Å². The van der Waals surface area contributed by atoms with Gasteiger partial charge < -0.3 is 14.4 Å². The van der Waals surface area contributed by atoms with Crippen LogP contribution in [0, 0.1) is 0 Å². The molecule has 0 amide bonds. The van der Waals surface area contributed by atoms with E-state index in [2.05, 4.69) is 83.1 Å². The summed E-state index contributed by atoms with van der Waals surface area (Å²) in [4.78, 5) is 5.04. The van der Waals surface area contributed by atoms with Crippen molar-refractivity contribution in [3.8, 4) is 11.3 Å². The summed E-state index contributed by atoms with van der Waals surface area (Å²) in [6.07, 6.45) is 2.36. The third-order valence-electron chi connectivity index (χ3n) is 5.76. The molecule has 1 aromatic heterocycles. The molecule has 2 aromatic carbocycles. The van der Waals surface area contributed by atoms with Crippen LogP contribution in [-0.4, -0.2) is 54.1 Å². The van der Waals surface area contributed by atoms with Crippen LogP contribution >= 0.6 is 0 Å². The molecule has 26 heavy (non-hydrogen) atoms. The van der Waals surface area contributed by atoms with Gasteiger partial charge in [-0.1, -0.05) is 48.5 Å². The van der Waals surface area contributed by atoms with Crippen molar-refractivity contribution < 1.29 is 0 Å². The highest BCUT2D eigenvalue weighted by molar-refractivity contribution is 5.91. The second-order valence-electron chi connectivity index (χ2n) is 7.52. The van der Waals surface area contributed by atoms with Gasteiger partial charge in [0, 0.05) is 44.1 Å². The minimum atomic E-state index is 1.14. The number of fused-ring (bicyclic) bond motifs is 1. The molecular formula is C23H29N3. The largest absolute Gasteiger partial charge is 0.343 e. The average Bonchev–Trinajstić information content (AvgIpc) is 2.96. The minimum absolute atomic E-state index is 1.14. The van der Waals surface area contributed by atoms with Gasteiger partial charge in [-0.05, 0) is 43.6 Å². The van der Waals surface area contributed by atoms with Crippen LogP contribution in [0.2, 0.25) is 0 Å². The van der Waals surface area contributed by atoms with Crippen molar-refractivity contribution in [3.05, 3.63) is 60.2 Å². The van der Waals surface area contributed by atoms with E-state index in [9.17, 15) is 0 Å². The standard InChI is InChI=1S/C23H29N3/c1-24-15-17-26(18-16-24)14-8-12-21-20-11-6-7-13-22(20)25(2)23(21)19-9-4-3-5-10-19/h3-7,9-11,13H,8,12,14-18H2,1-2H3. The molecule has 0 bridgehead atoms. The Labute approximate surface area is 156 Å². The fraction of sp³-hybridized carbons (Fsp3) is 0.391. The van der Waals surface area contributed by atoms with Crippen LogP contribution in [0.3, 0.4) is 0 Å². The number of para-hydroxylation sites is 1. The second kappa shape index (κ2) is 7.65. The molecule has 1 saturated heterocycles. The first-order chi connectivity index (χ1) is 12.7. The monoisotopic (exact) mass is 347 g/mol.